The minimum atomic E-state index is 0.122. The van der Waals surface area contributed by atoms with E-state index >= 15 is 0 Å². The van der Waals surface area contributed by atoms with Gasteiger partial charge in [0, 0.05) is 49.7 Å². The summed E-state index contributed by atoms with van der Waals surface area (Å²) in [7, 11) is 1.80. The molecule has 2 N–H and O–H groups in total. The molecule has 0 aliphatic heterocycles. The molecule has 0 unspecified atom stereocenters. The van der Waals surface area contributed by atoms with Crippen LogP contribution in [-0.2, 0) is 4.79 Å². The standard InChI is InChI=1S/C23H36N4O/c1-17(2)14-23(24-7)21-8-10-22(11-9-21)27(16-20(6)28)15-19(5)26-13-12-25-18(3)4/h8-11,18,25-26H,1,5,12-16H2,2-4,6-7H3. The summed E-state index contributed by atoms with van der Waals surface area (Å²) < 4.78 is 0. The predicted octanol–water partition coefficient (Wildman–Crippen LogP) is 3.57. The minimum absolute atomic E-state index is 0.122. The molecule has 0 bridgehead atoms. The number of rotatable bonds is 13. The summed E-state index contributed by atoms with van der Waals surface area (Å²) in [5, 5.41) is 6.70. The molecule has 1 aromatic carbocycles. The summed E-state index contributed by atoms with van der Waals surface area (Å²) in [6, 6.07) is 8.64. The maximum Gasteiger partial charge on any atom is 0.149 e. The number of carbonyl (C=O) groups is 1. The molecule has 0 saturated carbocycles. The van der Waals surface area contributed by atoms with Gasteiger partial charge >= 0.3 is 0 Å². The third kappa shape index (κ3) is 9.00. The van der Waals surface area contributed by atoms with Crippen molar-refractivity contribution >= 4 is 17.2 Å². The molecule has 154 valence electrons. The number of nitrogens with zero attached hydrogens (tertiary/aromatic N) is 2. The van der Waals surface area contributed by atoms with Gasteiger partial charge in [0.15, 0.2) is 0 Å². The number of aliphatic imine (C=N–C) groups is 1. The molecule has 0 saturated heterocycles. The maximum absolute atomic E-state index is 11.8. The van der Waals surface area contributed by atoms with E-state index in [0.717, 1.165) is 47.7 Å². The highest BCUT2D eigenvalue weighted by atomic mass is 16.1. The van der Waals surface area contributed by atoms with Crippen LogP contribution in [0.4, 0.5) is 5.69 Å². The van der Waals surface area contributed by atoms with Crippen molar-refractivity contribution in [3.8, 4) is 0 Å². The Bertz CT molecular complexity index is 689. The minimum Gasteiger partial charge on any atom is -0.386 e. The fourth-order valence-corrected chi connectivity index (χ4v) is 2.85. The van der Waals surface area contributed by atoms with Gasteiger partial charge in [0.25, 0.3) is 0 Å². The number of anilines is 1. The summed E-state index contributed by atoms with van der Waals surface area (Å²) in [5.41, 5.74) is 5.06. The van der Waals surface area contributed by atoms with Gasteiger partial charge in [0.1, 0.15) is 5.78 Å². The van der Waals surface area contributed by atoms with Crippen molar-refractivity contribution < 1.29 is 4.79 Å². The maximum atomic E-state index is 11.8. The third-order valence-corrected chi connectivity index (χ3v) is 4.15. The molecule has 0 amide bonds. The van der Waals surface area contributed by atoms with Gasteiger partial charge in [0.2, 0.25) is 0 Å². The van der Waals surface area contributed by atoms with Crippen molar-refractivity contribution in [1.29, 1.82) is 0 Å². The molecule has 5 nitrogen and oxygen atoms in total. The molecular weight excluding hydrogens is 348 g/mol. The van der Waals surface area contributed by atoms with Gasteiger partial charge in [-0.1, -0.05) is 44.7 Å². The highest BCUT2D eigenvalue weighted by Gasteiger charge is 2.12. The van der Waals surface area contributed by atoms with E-state index in [1.165, 1.54) is 0 Å². The second kappa shape index (κ2) is 12.1. The SMILES string of the molecule is C=C(C)CC(=NC)c1ccc(N(CC(=C)NCCNC(C)C)CC(C)=O)cc1. The van der Waals surface area contributed by atoms with Gasteiger partial charge in [-0.2, -0.15) is 0 Å². The van der Waals surface area contributed by atoms with E-state index in [4.69, 9.17) is 0 Å². The van der Waals surface area contributed by atoms with Crippen LogP contribution in [0.1, 0.15) is 39.7 Å². The number of allylic oxidation sites excluding steroid dienone is 1. The van der Waals surface area contributed by atoms with Crippen LogP contribution in [0.3, 0.4) is 0 Å². The van der Waals surface area contributed by atoms with Crippen LogP contribution in [0.15, 0.2) is 53.7 Å². The zero-order chi connectivity index (χ0) is 21.1. The van der Waals surface area contributed by atoms with E-state index in [9.17, 15) is 4.79 Å². The van der Waals surface area contributed by atoms with Crippen LogP contribution in [0.2, 0.25) is 0 Å². The van der Waals surface area contributed by atoms with E-state index < -0.39 is 0 Å². The molecule has 5 heteroatoms. The zero-order valence-corrected chi connectivity index (χ0v) is 18.1. The summed E-state index contributed by atoms with van der Waals surface area (Å²) in [6.45, 7) is 18.6. The van der Waals surface area contributed by atoms with Crippen molar-refractivity contribution in [2.45, 2.75) is 40.2 Å². The summed E-state index contributed by atoms with van der Waals surface area (Å²) in [4.78, 5) is 18.2. The highest BCUT2D eigenvalue weighted by molar-refractivity contribution is 6.02. The molecule has 1 rings (SSSR count). The molecule has 0 spiro atoms. The molecule has 0 aliphatic carbocycles. The molecular formula is C23H36N4O. The molecule has 0 fully saturated rings. The monoisotopic (exact) mass is 384 g/mol. The Labute approximate surface area is 170 Å². The van der Waals surface area contributed by atoms with Crippen molar-refractivity contribution in [2.75, 3.05) is 38.1 Å². The smallest absolute Gasteiger partial charge is 0.149 e. The number of hydrogen-bond acceptors (Lipinski definition) is 5. The van der Waals surface area contributed by atoms with E-state index in [1.807, 2.05) is 24.0 Å². The fraction of sp³-hybridized carbons (Fsp3) is 0.478. The van der Waals surface area contributed by atoms with E-state index in [0.29, 0.717) is 19.1 Å². The van der Waals surface area contributed by atoms with Crippen molar-refractivity contribution in [1.82, 2.24) is 10.6 Å². The molecule has 0 radical (unpaired) electrons. The van der Waals surface area contributed by atoms with Gasteiger partial charge in [-0.25, -0.2) is 0 Å². The van der Waals surface area contributed by atoms with Gasteiger partial charge < -0.3 is 15.5 Å². The number of ketones is 1. The Morgan fingerprint density at radius 1 is 1.11 bits per heavy atom. The van der Waals surface area contributed by atoms with Gasteiger partial charge in [-0.3, -0.25) is 9.79 Å². The van der Waals surface area contributed by atoms with Crippen LogP contribution in [-0.4, -0.2) is 50.8 Å². The second-order valence-corrected chi connectivity index (χ2v) is 7.55. The second-order valence-electron chi connectivity index (χ2n) is 7.55. The lowest BCUT2D eigenvalue weighted by atomic mass is 10.0. The number of hydrogen-bond donors (Lipinski definition) is 2. The number of benzene rings is 1. The van der Waals surface area contributed by atoms with Gasteiger partial charge in [-0.15, -0.1) is 0 Å². The number of nitrogens with one attached hydrogen (secondary N) is 2. The van der Waals surface area contributed by atoms with E-state index in [1.54, 1.807) is 14.0 Å². The average Bonchev–Trinajstić information content (AvgIpc) is 2.62. The van der Waals surface area contributed by atoms with Gasteiger partial charge in [0.05, 0.1) is 13.1 Å². The van der Waals surface area contributed by atoms with E-state index in [-0.39, 0.29) is 5.78 Å². The fourth-order valence-electron chi connectivity index (χ4n) is 2.85. The lowest BCUT2D eigenvalue weighted by Crippen LogP contribution is -2.36. The Morgan fingerprint density at radius 2 is 1.75 bits per heavy atom. The molecule has 0 heterocycles. The lowest BCUT2D eigenvalue weighted by molar-refractivity contribution is -0.115. The van der Waals surface area contributed by atoms with Crippen LogP contribution >= 0.6 is 0 Å². The first-order valence-corrected chi connectivity index (χ1v) is 9.82. The molecule has 1 aromatic rings. The first kappa shape index (κ1) is 23.6. The third-order valence-electron chi connectivity index (χ3n) is 4.15. The average molecular weight is 385 g/mol. The molecule has 0 aliphatic rings. The number of carbonyl (C=O) groups excluding carboxylic acids is 1. The Hall–Kier alpha value is -2.40. The van der Waals surface area contributed by atoms with Crippen LogP contribution in [0.5, 0.6) is 0 Å². The van der Waals surface area contributed by atoms with E-state index in [2.05, 4.69) is 54.8 Å². The summed E-state index contributed by atoms with van der Waals surface area (Å²) in [6.07, 6.45) is 0.762. The quantitative estimate of drug-likeness (QED) is 0.310. The molecule has 28 heavy (non-hydrogen) atoms. The molecule has 0 aromatic heterocycles. The molecule has 0 atom stereocenters. The van der Waals surface area contributed by atoms with Crippen LogP contribution in [0.25, 0.3) is 0 Å². The van der Waals surface area contributed by atoms with Crippen LogP contribution in [0, 0.1) is 0 Å². The van der Waals surface area contributed by atoms with Crippen molar-refractivity contribution in [2.24, 2.45) is 4.99 Å². The van der Waals surface area contributed by atoms with Crippen molar-refractivity contribution in [3.05, 3.63) is 54.3 Å². The highest BCUT2D eigenvalue weighted by Crippen LogP contribution is 2.18. The Balaban J connectivity index is 2.80. The Kier molecular flexibility index (Phi) is 10.2. The topological polar surface area (TPSA) is 56.7 Å². The lowest BCUT2D eigenvalue weighted by Gasteiger charge is -2.25. The van der Waals surface area contributed by atoms with Crippen LogP contribution < -0.4 is 15.5 Å². The first-order valence-electron chi connectivity index (χ1n) is 9.82. The van der Waals surface area contributed by atoms with Gasteiger partial charge in [-0.05, 0) is 31.5 Å². The predicted molar refractivity (Wildman–Crippen MR) is 122 cm³/mol. The van der Waals surface area contributed by atoms with Crippen molar-refractivity contribution in [3.63, 3.8) is 0 Å². The summed E-state index contributed by atoms with van der Waals surface area (Å²) in [5.74, 6) is 0.122. The summed E-state index contributed by atoms with van der Waals surface area (Å²) >= 11 is 0. The number of Topliss-reactive ketones (excluding diaryl/α,β-unsaturated/α-hetero) is 1. The zero-order valence-electron chi connectivity index (χ0n) is 18.1. The largest absolute Gasteiger partial charge is 0.386 e. The first-order chi connectivity index (χ1) is 13.2. The normalized spacial score (nSPS) is 11.4. The Morgan fingerprint density at radius 3 is 2.25 bits per heavy atom.